The van der Waals surface area contributed by atoms with Crippen molar-refractivity contribution in [3.05, 3.63) is 11.9 Å². The summed E-state index contributed by atoms with van der Waals surface area (Å²) in [6, 6.07) is 0. The minimum atomic E-state index is -0.411. The Balaban J connectivity index is 2.18. The lowest BCUT2D eigenvalue weighted by atomic mass is 10.1. The Hall–Kier alpha value is -1.59. The summed E-state index contributed by atoms with van der Waals surface area (Å²) in [5.74, 6) is 0. The largest absolute Gasteiger partial charge is 0.449 e. The Labute approximate surface area is 88.4 Å². The lowest BCUT2D eigenvalue weighted by Crippen LogP contribution is -2.41. The number of carbonyl (C=O) groups excluding carboxylic acids is 1. The highest BCUT2D eigenvalue weighted by Gasteiger charge is 2.14. The molecule has 1 rings (SSSR count). The summed E-state index contributed by atoms with van der Waals surface area (Å²) in [7, 11) is 0. The van der Waals surface area contributed by atoms with Gasteiger partial charge in [-0.25, -0.2) is 4.79 Å². The Bertz CT molecular complexity index is 302. The molecule has 1 heterocycles. The number of rotatable bonds is 3. The molecule has 1 aromatic rings. The van der Waals surface area contributed by atoms with E-state index in [1.54, 1.807) is 6.20 Å². The standard InChI is InChI=1S/C9H16N4O2/c1-9(2,3)11-8(14)15-5-4-7-6-10-13-12-7/h6H,4-5H2,1-3H3,(H,11,14)(H,10,12,13). The van der Waals surface area contributed by atoms with Crippen LogP contribution in [0, 0.1) is 0 Å². The summed E-state index contributed by atoms with van der Waals surface area (Å²) in [5, 5.41) is 12.6. The van der Waals surface area contributed by atoms with Crippen molar-refractivity contribution >= 4 is 6.09 Å². The van der Waals surface area contributed by atoms with Gasteiger partial charge in [0.1, 0.15) is 0 Å². The van der Waals surface area contributed by atoms with Gasteiger partial charge in [0.25, 0.3) is 0 Å². The molecule has 0 aromatic carbocycles. The van der Waals surface area contributed by atoms with Gasteiger partial charge >= 0.3 is 6.09 Å². The van der Waals surface area contributed by atoms with Crippen molar-refractivity contribution in [3.63, 3.8) is 0 Å². The normalized spacial score (nSPS) is 11.1. The van der Waals surface area contributed by atoms with Crippen molar-refractivity contribution in [3.8, 4) is 0 Å². The van der Waals surface area contributed by atoms with Gasteiger partial charge in [-0.05, 0) is 20.8 Å². The molecule has 0 atom stereocenters. The van der Waals surface area contributed by atoms with Crippen molar-refractivity contribution < 1.29 is 9.53 Å². The number of nitrogens with one attached hydrogen (secondary N) is 2. The lowest BCUT2D eigenvalue weighted by molar-refractivity contribution is 0.138. The third kappa shape index (κ3) is 4.99. The van der Waals surface area contributed by atoms with Gasteiger partial charge in [-0.2, -0.15) is 0 Å². The van der Waals surface area contributed by atoms with E-state index in [4.69, 9.17) is 4.74 Å². The van der Waals surface area contributed by atoms with Gasteiger partial charge in [0.2, 0.25) is 0 Å². The van der Waals surface area contributed by atoms with E-state index in [-0.39, 0.29) is 5.54 Å². The Morgan fingerprint density at radius 3 is 2.87 bits per heavy atom. The molecule has 0 radical (unpaired) electrons. The van der Waals surface area contributed by atoms with Crippen molar-refractivity contribution in [2.75, 3.05) is 6.61 Å². The average Bonchev–Trinajstić information content (AvgIpc) is 2.53. The monoisotopic (exact) mass is 212 g/mol. The van der Waals surface area contributed by atoms with Gasteiger partial charge < -0.3 is 10.1 Å². The van der Waals surface area contributed by atoms with E-state index < -0.39 is 6.09 Å². The van der Waals surface area contributed by atoms with Gasteiger partial charge in [-0.1, -0.05) is 5.21 Å². The molecule has 1 amide bonds. The predicted molar refractivity (Wildman–Crippen MR) is 54.3 cm³/mol. The molecule has 0 aliphatic heterocycles. The third-order valence-electron chi connectivity index (χ3n) is 1.54. The molecule has 84 valence electrons. The van der Waals surface area contributed by atoms with Crippen LogP contribution in [0.15, 0.2) is 6.20 Å². The number of H-pyrrole nitrogens is 1. The molecule has 1 aromatic heterocycles. The molecule has 0 unspecified atom stereocenters. The van der Waals surface area contributed by atoms with E-state index in [9.17, 15) is 4.79 Å². The lowest BCUT2D eigenvalue weighted by Gasteiger charge is -2.19. The smallest absolute Gasteiger partial charge is 0.407 e. The zero-order chi connectivity index (χ0) is 11.3. The predicted octanol–water partition coefficient (Wildman–Crippen LogP) is 0.872. The number of carbonyl (C=O) groups is 1. The first-order valence-corrected chi connectivity index (χ1v) is 4.78. The molecule has 0 spiro atoms. The molecule has 0 aliphatic rings. The van der Waals surface area contributed by atoms with Crippen LogP contribution in [0.1, 0.15) is 26.5 Å². The molecule has 0 saturated carbocycles. The third-order valence-corrected chi connectivity index (χ3v) is 1.54. The number of hydrogen-bond donors (Lipinski definition) is 2. The zero-order valence-corrected chi connectivity index (χ0v) is 9.20. The van der Waals surface area contributed by atoms with Crippen LogP contribution in [-0.4, -0.2) is 33.6 Å². The van der Waals surface area contributed by atoms with Crippen molar-refractivity contribution in [1.29, 1.82) is 0 Å². The van der Waals surface area contributed by atoms with Crippen LogP contribution in [-0.2, 0) is 11.2 Å². The molecule has 0 saturated heterocycles. The fraction of sp³-hybridized carbons (Fsp3) is 0.667. The maximum absolute atomic E-state index is 11.2. The van der Waals surface area contributed by atoms with Crippen LogP contribution in [0.3, 0.4) is 0 Å². The fourth-order valence-electron chi connectivity index (χ4n) is 0.938. The topological polar surface area (TPSA) is 79.9 Å². The zero-order valence-electron chi connectivity index (χ0n) is 9.20. The van der Waals surface area contributed by atoms with Crippen molar-refractivity contribution in [2.45, 2.75) is 32.7 Å². The molecular formula is C9H16N4O2. The first-order chi connectivity index (χ1) is 6.97. The van der Waals surface area contributed by atoms with E-state index >= 15 is 0 Å². The molecule has 0 bridgehead atoms. The number of nitrogens with zero attached hydrogens (tertiary/aromatic N) is 2. The minimum absolute atomic E-state index is 0.273. The highest BCUT2D eigenvalue weighted by Crippen LogP contribution is 1.99. The van der Waals surface area contributed by atoms with E-state index in [0.29, 0.717) is 13.0 Å². The van der Waals surface area contributed by atoms with E-state index in [2.05, 4.69) is 20.7 Å². The first kappa shape index (κ1) is 11.5. The summed E-state index contributed by atoms with van der Waals surface area (Å²) < 4.78 is 4.96. The summed E-state index contributed by atoms with van der Waals surface area (Å²) in [5.41, 5.74) is 0.504. The Morgan fingerprint density at radius 1 is 1.60 bits per heavy atom. The van der Waals surface area contributed by atoms with E-state index in [1.165, 1.54) is 0 Å². The van der Waals surface area contributed by atoms with Crippen molar-refractivity contribution in [1.82, 2.24) is 20.7 Å². The highest BCUT2D eigenvalue weighted by molar-refractivity contribution is 5.68. The number of aromatic amines is 1. The van der Waals surface area contributed by atoms with Gasteiger partial charge in [0.05, 0.1) is 12.3 Å². The molecular weight excluding hydrogens is 196 g/mol. The number of hydrogen-bond acceptors (Lipinski definition) is 4. The maximum atomic E-state index is 11.2. The summed E-state index contributed by atoms with van der Waals surface area (Å²) in [4.78, 5) is 11.2. The molecule has 6 nitrogen and oxygen atoms in total. The second kappa shape index (κ2) is 4.77. The minimum Gasteiger partial charge on any atom is -0.449 e. The number of aromatic nitrogens is 3. The van der Waals surface area contributed by atoms with E-state index in [1.807, 2.05) is 20.8 Å². The van der Waals surface area contributed by atoms with Crippen LogP contribution in [0.5, 0.6) is 0 Å². The molecule has 2 N–H and O–H groups in total. The SMILES string of the molecule is CC(C)(C)NC(=O)OCCc1c[nH]nn1. The maximum Gasteiger partial charge on any atom is 0.407 e. The second-order valence-corrected chi connectivity index (χ2v) is 4.23. The quantitative estimate of drug-likeness (QED) is 0.779. The number of ether oxygens (including phenoxy) is 1. The number of alkyl carbamates (subject to hydrolysis) is 1. The molecule has 0 aliphatic carbocycles. The van der Waals surface area contributed by atoms with Crippen LogP contribution in [0.25, 0.3) is 0 Å². The number of amides is 1. The van der Waals surface area contributed by atoms with Crippen molar-refractivity contribution in [2.24, 2.45) is 0 Å². The average molecular weight is 212 g/mol. The molecule has 6 heteroatoms. The molecule has 15 heavy (non-hydrogen) atoms. The van der Waals surface area contributed by atoms with Gasteiger partial charge in [-0.15, -0.1) is 5.10 Å². The van der Waals surface area contributed by atoms with Gasteiger partial charge in [0.15, 0.2) is 0 Å². The Morgan fingerprint density at radius 2 is 2.33 bits per heavy atom. The molecule has 0 fully saturated rings. The van der Waals surface area contributed by atoms with Gasteiger partial charge in [0, 0.05) is 18.2 Å². The second-order valence-electron chi connectivity index (χ2n) is 4.23. The summed E-state index contributed by atoms with van der Waals surface area (Å²) in [6.45, 7) is 5.98. The van der Waals surface area contributed by atoms with Gasteiger partial charge in [-0.3, -0.25) is 5.10 Å². The van der Waals surface area contributed by atoms with Crippen LogP contribution in [0.4, 0.5) is 4.79 Å². The fourth-order valence-corrected chi connectivity index (χ4v) is 0.938. The van der Waals surface area contributed by atoms with Crippen LogP contribution in [0.2, 0.25) is 0 Å². The summed E-state index contributed by atoms with van der Waals surface area (Å²) >= 11 is 0. The van der Waals surface area contributed by atoms with E-state index in [0.717, 1.165) is 5.69 Å². The first-order valence-electron chi connectivity index (χ1n) is 4.78. The Kier molecular flexibility index (Phi) is 3.65. The highest BCUT2D eigenvalue weighted by atomic mass is 16.5. The van der Waals surface area contributed by atoms with Crippen LogP contribution >= 0.6 is 0 Å². The summed E-state index contributed by atoms with van der Waals surface area (Å²) in [6.07, 6.45) is 1.82. The van der Waals surface area contributed by atoms with Crippen LogP contribution < -0.4 is 5.32 Å².